The fourth-order valence-electron chi connectivity index (χ4n) is 2.69. The van der Waals surface area contributed by atoms with Crippen molar-refractivity contribution in [1.29, 1.82) is 0 Å². The van der Waals surface area contributed by atoms with Crippen LogP contribution in [0.15, 0.2) is 53.4 Å². The molecule has 1 fully saturated rings. The summed E-state index contributed by atoms with van der Waals surface area (Å²) in [6.07, 6.45) is 0. The van der Waals surface area contributed by atoms with Crippen LogP contribution in [0.2, 0.25) is 0 Å². The number of ether oxygens (including phenoxy) is 1. The molecule has 26 heavy (non-hydrogen) atoms. The number of hydrogen-bond donors (Lipinski definition) is 2. The summed E-state index contributed by atoms with van der Waals surface area (Å²) < 4.78 is 32.2. The lowest BCUT2D eigenvalue weighted by atomic mass is 10.2. The van der Waals surface area contributed by atoms with Crippen molar-refractivity contribution in [1.82, 2.24) is 4.31 Å². The van der Waals surface area contributed by atoms with Gasteiger partial charge < -0.3 is 15.4 Å². The fourth-order valence-corrected chi connectivity index (χ4v) is 4.38. The highest BCUT2D eigenvalue weighted by Crippen LogP contribution is 2.21. The van der Waals surface area contributed by atoms with Gasteiger partial charge in [-0.15, -0.1) is 0 Å². The Bertz CT molecular complexity index is 894. The van der Waals surface area contributed by atoms with Crippen molar-refractivity contribution in [2.45, 2.75) is 11.8 Å². The van der Waals surface area contributed by atoms with Crippen molar-refractivity contribution in [2.24, 2.45) is 0 Å². The van der Waals surface area contributed by atoms with E-state index in [9.17, 15) is 8.42 Å². The Morgan fingerprint density at radius 3 is 2.31 bits per heavy atom. The number of nitrogens with zero attached hydrogens (tertiary/aromatic N) is 1. The van der Waals surface area contributed by atoms with Gasteiger partial charge >= 0.3 is 0 Å². The quantitative estimate of drug-likeness (QED) is 0.781. The zero-order valence-corrected chi connectivity index (χ0v) is 16.1. The van der Waals surface area contributed by atoms with E-state index < -0.39 is 10.0 Å². The van der Waals surface area contributed by atoms with Crippen LogP contribution in [-0.2, 0) is 14.8 Å². The molecular weight excluding hydrogens is 370 g/mol. The largest absolute Gasteiger partial charge is 0.379 e. The topological polar surface area (TPSA) is 70.7 Å². The molecule has 8 heteroatoms. The number of thiocarbonyl (C=S) groups is 1. The van der Waals surface area contributed by atoms with E-state index in [0.29, 0.717) is 37.1 Å². The third-order valence-corrected chi connectivity index (χ3v) is 6.07. The lowest BCUT2D eigenvalue weighted by Gasteiger charge is -2.26. The van der Waals surface area contributed by atoms with Crippen LogP contribution in [-0.4, -0.2) is 44.1 Å². The van der Waals surface area contributed by atoms with Gasteiger partial charge in [0, 0.05) is 24.5 Å². The predicted molar refractivity (Wildman–Crippen MR) is 107 cm³/mol. The molecule has 0 spiro atoms. The Morgan fingerprint density at radius 1 is 1.04 bits per heavy atom. The molecule has 0 aromatic heterocycles. The number of benzene rings is 2. The van der Waals surface area contributed by atoms with E-state index in [1.54, 1.807) is 24.3 Å². The summed E-state index contributed by atoms with van der Waals surface area (Å²) in [5.41, 5.74) is 2.61. The van der Waals surface area contributed by atoms with E-state index in [2.05, 4.69) is 10.6 Å². The van der Waals surface area contributed by atoms with Gasteiger partial charge in [-0.05, 0) is 55.0 Å². The van der Waals surface area contributed by atoms with Gasteiger partial charge in [-0.2, -0.15) is 4.31 Å². The zero-order valence-electron chi connectivity index (χ0n) is 14.4. The molecule has 0 atom stereocenters. The van der Waals surface area contributed by atoms with Crippen LogP contribution in [0.1, 0.15) is 5.56 Å². The summed E-state index contributed by atoms with van der Waals surface area (Å²) in [6, 6.07) is 14.5. The number of morpholine rings is 1. The Morgan fingerprint density at radius 2 is 1.65 bits per heavy atom. The second kappa shape index (κ2) is 8.13. The van der Waals surface area contributed by atoms with Gasteiger partial charge in [-0.3, -0.25) is 0 Å². The summed E-state index contributed by atoms with van der Waals surface area (Å²) in [5, 5.41) is 6.53. The van der Waals surface area contributed by atoms with E-state index in [1.165, 1.54) is 4.31 Å². The average molecular weight is 392 g/mol. The Kier molecular flexibility index (Phi) is 5.87. The van der Waals surface area contributed by atoms with E-state index in [4.69, 9.17) is 17.0 Å². The third kappa shape index (κ3) is 4.59. The highest BCUT2D eigenvalue weighted by atomic mass is 32.2. The van der Waals surface area contributed by atoms with E-state index in [-0.39, 0.29) is 4.90 Å². The van der Waals surface area contributed by atoms with E-state index in [1.807, 2.05) is 31.2 Å². The van der Waals surface area contributed by atoms with Gasteiger partial charge in [-0.1, -0.05) is 18.2 Å². The number of anilines is 2. The molecule has 1 heterocycles. The zero-order chi connectivity index (χ0) is 18.6. The van der Waals surface area contributed by atoms with Crippen LogP contribution in [0.3, 0.4) is 0 Å². The molecule has 0 aliphatic carbocycles. The minimum Gasteiger partial charge on any atom is -0.379 e. The number of rotatable bonds is 4. The van der Waals surface area contributed by atoms with Crippen LogP contribution in [0.25, 0.3) is 0 Å². The molecule has 1 saturated heterocycles. The maximum atomic E-state index is 12.7. The van der Waals surface area contributed by atoms with Crippen molar-refractivity contribution >= 4 is 38.7 Å². The number of sulfonamides is 1. The standard InChI is InChI=1S/C18H21N3O3S2/c1-14-4-2-5-15(12-14)19-18(25)20-16-6-3-7-17(13-16)26(22,23)21-8-10-24-11-9-21/h2-7,12-13H,8-11H2,1H3,(H2,19,20,25). The van der Waals surface area contributed by atoms with Gasteiger partial charge in [0.1, 0.15) is 0 Å². The second-order valence-corrected chi connectivity index (χ2v) is 8.34. The minimum absolute atomic E-state index is 0.239. The smallest absolute Gasteiger partial charge is 0.243 e. The molecule has 0 amide bonds. The summed E-state index contributed by atoms with van der Waals surface area (Å²) >= 11 is 5.32. The van der Waals surface area contributed by atoms with E-state index >= 15 is 0 Å². The highest BCUT2D eigenvalue weighted by molar-refractivity contribution is 7.89. The van der Waals surface area contributed by atoms with Gasteiger partial charge in [0.2, 0.25) is 10.0 Å². The maximum Gasteiger partial charge on any atom is 0.243 e. The first kappa shape index (κ1) is 18.8. The first-order valence-corrected chi connectivity index (χ1v) is 10.1. The molecule has 0 radical (unpaired) electrons. The first-order valence-electron chi connectivity index (χ1n) is 8.28. The van der Waals surface area contributed by atoms with Crippen LogP contribution in [0.5, 0.6) is 0 Å². The Hall–Kier alpha value is -2.00. The van der Waals surface area contributed by atoms with Gasteiger partial charge in [0.25, 0.3) is 0 Å². The molecule has 6 nitrogen and oxygen atoms in total. The molecule has 2 aromatic carbocycles. The molecule has 3 rings (SSSR count). The summed E-state index contributed by atoms with van der Waals surface area (Å²) in [7, 11) is -3.54. The molecule has 1 aliphatic heterocycles. The van der Waals surface area contributed by atoms with Gasteiger partial charge in [-0.25, -0.2) is 8.42 Å². The van der Waals surface area contributed by atoms with Crippen molar-refractivity contribution < 1.29 is 13.2 Å². The van der Waals surface area contributed by atoms with Gasteiger partial charge in [0.15, 0.2) is 5.11 Å². The Balaban J connectivity index is 1.71. The normalized spacial score (nSPS) is 15.4. The Labute approximate surface area is 159 Å². The molecule has 138 valence electrons. The molecule has 2 N–H and O–H groups in total. The predicted octanol–water partition coefficient (Wildman–Crippen LogP) is 2.82. The SMILES string of the molecule is Cc1cccc(NC(=S)Nc2cccc(S(=O)(=O)N3CCOCC3)c2)c1. The first-order chi connectivity index (χ1) is 12.4. The van der Waals surface area contributed by atoms with Crippen LogP contribution >= 0.6 is 12.2 Å². The lowest BCUT2D eigenvalue weighted by Crippen LogP contribution is -2.40. The highest BCUT2D eigenvalue weighted by Gasteiger charge is 2.26. The van der Waals surface area contributed by atoms with Crippen LogP contribution < -0.4 is 10.6 Å². The van der Waals surface area contributed by atoms with E-state index in [0.717, 1.165) is 11.3 Å². The molecule has 0 unspecified atom stereocenters. The van der Waals surface area contributed by atoms with Crippen LogP contribution in [0, 0.1) is 6.92 Å². The molecular formula is C18H21N3O3S2. The third-order valence-electron chi connectivity index (χ3n) is 3.98. The van der Waals surface area contributed by atoms with Crippen molar-refractivity contribution in [3.8, 4) is 0 Å². The number of hydrogen-bond acceptors (Lipinski definition) is 4. The summed E-state index contributed by atoms with van der Waals surface area (Å²) in [5.74, 6) is 0. The van der Waals surface area contributed by atoms with Crippen molar-refractivity contribution in [3.05, 3.63) is 54.1 Å². The average Bonchev–Trinajstić information content (AvgIpc) is 2.62. The van der Waals surface area contributed by atoms with Crippen molar-refractivity contribution in [3.63, 3.8) is 0 Å². The molecule has 1 aliphatic rings. The molecule has 0 saturated carbocycles. The summed E-state index contributed by atoms with van der Waals surface area (Å²) in [6.45, 7) is 3.57. The second-order valence-electron chi connectivity index (χ2n) is 5.99. The minimum atomic E-state index is -3.54. The monoisotopic (exact) mass is 391 g/mol. The lowest BCUT2D eigenvalue weighted by molar-refractivity contribution is 0.0730. The number of nitrogens with one attached hydrogen (secondary N) is 2. The molecule has 2 aromatic rings. The van der Waals surface area contributed by atoms with Crippen molar-refractivity contribution in [2.75, 3.05) is 36.9 Å². The summed E-state index contributed by atoms with van der Waals surface area (Å²) in [4.78, 5) is 0.239. The van der Waals surface area contributed by atoms with Crippen LogP contribution in [0.4, 0.5) is 11.4 Å². The fraction of sp³-hybridized carbons (Fsp3) is 0.278. The number of aryl methyl sites for hydroxylation is 1. The van der Waals surface area contributed by atoms with Gasteiger partial charge in [0.05, 0.1) is 18.1 Å². The maximum absolute atomic E-state index is 12.7. The molecule has 0 bridgehead atoms.